The van der Waals surface area contributed by atoms with E-state index in [1.54, 1.807) is 0 Å². The van der Waals surface area contributed by atoms with Gasteiger partial charge in [-0.25, -0.2) is 0 Å². The molecule has 0 aromatic carbocycles. The second-order valence-electron chi connectivity index (χ2n) is 4.86. The van der Waals surface area contributed by atoms with Crippen molar-refractivity contribution in [2.45, 2.75) is 40.2 Å². The third-order valence-corrected chi connectivity index (χ3v) is 3.38. The van der Waals surface area contributed by atoms with Crippen molar-refractivity contribution < 1.29 is 9.59 Å². The third-order valence-electron chi connectivity index (χ3n) is 3.38. The van der Waals surface area contributed by atoms with Crippen molar-refractivity contribution in [3.8, 4) is 0 Å². The van der Waals surface area contributed by atoms with E-state index in [9.17, 15) is 9.59 Å². The number of carbonyl (C=O) groups is 2. The van der Waals surface area contributed by atoms with Crippen LogP contribution in [0.15, 0.2) is 0 Å². The monoisotopic (exact) mass is 226 g/mol. The van der Waals surface area contributed by atoms with Crippen LogP contribution in [0.25, 0.3) is 0 Å². The first kappa shape index (κ1) is 13.2. The van der Waals surface area contributed by atoms with E-state index in [2.05, 4.69) is 26.1 Å². The number of amides is 2. The van der Waals surface area contributed by atoms with E-state index in [1.165, 1.54) is 4.90 Å². The Labute approximate surface area is 97.4 Å². The lowest BCUT2D eigenvalue weighted by Crippen LogP contribution is -2.40. The number of likely N-dealkylation sites (tertiary alicyclic amines) is 1. The number of likely N-dealkylation sites (N-methyl/N-ethyl adjacent to an activating group) is 1. The summed E-state index contributed by atoms with van der Waals surface area (Å²) in [6.45, 7) is 9.57. The molecule has 2 unspecified atom stereocenters. The number of rotatable bonds is 5. The fourth-order valence-corrected chi connectivity index (χ4v) is 1.74. The van der Waals surface area contributed by atoms with Gasteiger partial charge >= 0.3 is 0 Å². The first-order chi connectivity index (χ1) is 7.47. The topological polar surface area (TPSA) is 49.4 Å². The molecule has 0 radical (unpaired) electrons. The minimum Gasteiger partial charge on any atom is -0.305 e. The molecule has 2 atom stereocenters. The van der Waals surface area contributed by atoms with Crippen LogP contribution in [0.5, 0.6) is 0 Å². The van der Waals surface area contributed by atoms with Crippen LogP contribution in [-0.2, 0) is 9.59 Å². The van der Waals surface area contributed by atoms with Crippen molar-refractivity contribution in [2.24, 2.45) is 11.8 Å². The molecule has 4 heteroatoms. The molecule has 4 nitrogen and oxygen atoms in total. The normalized spacial score (nSPS) is 23.3. The predicted molar refractivity (Wildman–Crippen MR) is 62.8 cm³/mol. The second-order valence-corrected chi connectivity index (χ2v) is 4.86. The van der Waals surface area contributed by atoms with Crippen molar-refractivity contribution in [3.05, 3.63) is 0 Å². The van der Waals surface area contributed by atoms with E-state index >= 15 is 0 Å². The van der Waals surface area contributed by atoms with Gasteiger partial charge in [0.15, 0.2) is 0 Å². The Morgan fingerprint density at radius 1 is 1.38 bits per heavy atom. The maximum absolute atomic E-state index is 11.8. The molecule has 1 aliphatic heterocycles. The summed E-state index contributed by atoms with van der Waals surface area (Å²) in [6, 6.07) is -0.298. The van der Waals surface area contributed by atoms with Crippen molar-refractivity contribution in [1.29, 1.82) is 0 Å². The van der Waals surface area contributed by atoms with Gasteiger partial charge in [0, 0.05) is 6.54 Å². The van der Waals surface area contributed by atoms with Gasteiger partial charge in [-0.3, -0.25) is 14.5 Å². The summed E-state index contributed by atoms with van der Waals surface area (Å²) in [5.41, 5.74) is 0. The summed E-state index contributed by atoms with van der Waals surface area (Å²) in [5, 5.41) is 3.20. The summed E-state index contributed by atoms with van der Waals surface area (Å²) < 4.78 is 0. The molecule has 2 amide bonds. The highest BCUT2D eigenvalue weighted by Crippen LogP contribution is 2.14. The largest absolute Gasteiger partial charge is 0.305 e. The van der Waals surface area contributed by atoms with Crippen LogP contribution in [0, 0.1) is 11.8 Å². The van der Waals surface area contributed by atoms with Gasteiger partial charge in [0.2, 0.25) is 11.8 Å². The molecule has 16 heavy (non-hydrogen) atoms. The van der Waals surface area contributed by atoms with E-state index in [4.69, 9.17) is 0 Å². The van der Waals surface area contributed by atoms with Gasteiger partial charge in [-0.05, 0) is 25.3 Å². The molecule has 1 fully saturated rings. The quantitative estimate of drug-likeness (QED) is 0.712. The highest BCUT2D eigenvalue weighted by molar-refractivity contribution is 6.05. The van der Waals surface area contributed by atoms with Gasteiger partial charge in [-0.2, -0.15) is 0 Å². The van der Waals surface area contributed by atoms with Gasteiger partial charge in [0.05, 0.1) is 12.5 Å². The molecule has 1 heterocycles. The minimum absolute atomic E-state index is 0.0535. The molecule has 0 aromatic rings. The zero-order chi connectivity index (χ0) is 12.3. The van der Waals surface area contributed by atoms with Crippen LogP contribution in [0.1, 0.15) is 34.1 Å². The fourth-order valence-electron chi connectivity index (χ4n) is 1.74. The number of nitrogens with zero attached hydrogens (tertiary/aromatic N) is 1. The van der Waals surface area contributed by atoms with Gasteiger partial charge < -0.3 is 5.32 Å². The summed E-state index contributed by atoms with van der Waals surface area (Å²) in [4.78, 5) is 24.6. The van der Waals surface area contributed by atoms with Crippen LogP contribution in [0.3, 0.4) is 0 Å². The molecule has 0 saturated carbocycles. The fraction of sp³-hybridized carbons (Fsp3) is 0.833. The van der Waals surface area contributed by atoms with E-state index in [1.807, 2.05) is 6.92 Å². The first-order valence-corrected chi connectivity index (χ1v) is 6.05. The summed E-state index contributed by atoms with van der Waals surface area (Å²) in [7, 11) is 0. The Morgan fingerprint density at radius 2 is 2.00 bits per heavy atom. The third kappa shape index (κ3) is 2.82. The van der Waals surface area contributed by atoms with Crippen LogP contribution in [0.2, 0.25) is 0 Å². The molecule has 0 aliphatic carbocycles. The van der Waals surface area contributed by atoms with Crippen molar-refractivity contribution >= 4 is 11.8 Å². The van der Waals surface area contributed by atoms with Crippen molar-refractivity contribution in [2.75, 3.05) is 13.1 Å². The average molecular weight is 226 g/mol. The highest BCUT2D eigenvalue weighted by atomic mass is 16.2. The highest BCUT2D eigenvalue weighted by Gasteiger charge is 2.37. The molecule has 1 N–H and O–H groups in total. The smallest absolute Gasteiger partial charge is 0.246 e. The molecule has 0 aromatic heterocycles. The Bertz CT molecular complexity index is 276. The zero-order valence-corrected chi connectivity index (χ0v) is 10.6. The van der Waals surface area contributed by atoms with Crippen LogP contribution in [-0.4, -0.2) is 35.8 Å². The Morgan fingerprint density at radius 3 is 2.44 bits per heavy atom. The Kier molecular flexibility index (Phi) is 4.47. The molecule has 1 saturated heterocycles. The van der Waals surface area contributed by atoms with Crippen LogP contribution < -0.4 is 5.32 Å². The zero-order valence-electron chi connectivity index (χ0n) is 10.6. The molecule has 0 spiro atoms. The van der Waals surface area contributed by atoms with Crippen molar-refractivity contribution in [1.82, 2.24) is 10.2 Å². The van der Waals surface area contributed by atoms with E-state index in [0.717, 1.165) is 6.54 Å². The lowest BCUT2D eigenvalue weighted by atomic mass is 9.98. The number of hydrogen-bond acceptors (Lipinski definition) is 3. The molecular formula is C12H22N2O2. The van der Waals surface area contributed by atoms with E-state index in [0.29, 0.717) is 24.8 Å². The van der Waals surface area contributed by atoms with Crippen LogP contribution in [0.4, 0.5) is 0 Å². The van der Waals surface area contributed by atoms with E-state index < -0.39 is 0 Å². The van der Waals surface area contributed by atoms with Crippen molar-refractivity contribution in [3.63, 3.8) is 0 Å². The lowest BCUT2D eigenvalue weighted by Gasteiger charge is -2.18. The molecule has 1 rings (SSSR count). The summed E-state index contributed by atoms with van der Waals surface area (Å²) >= 11 is 0. The lowest BCUT2D eigenvalue weighted by molar-refractivity contribution is -0.138. The Balaban J connectivity index is 2.45. The maximum atomic E-state index is 11.8. The summed E-state index contributed by atoms with van der Waals surface area (Å²) in [6.07, 6.45) is 0.317. The average Bonchev–Trinajstić information content (AvgIpc) is 2.50. The van der Waals surface area contributed by atoms with Crippen LogP contribution >= 0.6 is 0 Å². The number of hydrogen-bond donors (Lipinski definition) is 1. The Hall–Kier alpha value is -0.900. The molecule has 1 aliphatic rings. The van der Waals surface area contributed by atoms with Gasteiger partial charge in [0.1, 0.15) is 0 Å². The first-order valence-electron chi connectivity index (χ1n) is 6.05. The molecule has 92 valence electrons. The minimum atomic E-state index is -0.298. The molecular weight excluding hydrogens is 204 g/mol. The molecule has 0 bridgehead atoms. The van der Waals surface area contributed by atoms with E-state index in [-0.39, 0.29) is 17.9 Å². The van der Waals surface area contributed by atoms with Gasteiger partial charge in [-0.1, -0.05) is 20.8 Å². The SMILES string of the molecule is CCN1C(=O)CC(NCC(C)C(C)C)C1=O. The van der Waals surface area contributed by atoms with Gasteiger partial charge in [0.25, 0.3) is 0 Å². The summed E-state index contributed by atoms with van der Waals surface area (Å²) in [5.74, 6) is 0.978. The number of nitrogens with one attached hydrogen (secondary N) is 1. The number of carbonyl (C=O) groups excluding carboxylic acids is 2. The van der Waals surface area contributed by atoms with Gasteiger partial charge in [-0.15, -0.1) is 0 Å². The second kappa shape index (κ2) is 5.43. The standard InChI is InChI=1S/C12H22N2O2/c1-5-14-11(15)6-10(12(14)16)13-7-9(4)8(2)3/h8-10,13H,5-7H2,1-4H3. The maximum Gasteiger partial charge on any atom is 0.246 e. The predicted octanol–water partition coefficient (Wildman–Crippen LogP) is 1.02. The number of imide groups is 1.